The second kappa shape index (κ2) is 8.42. The average molecular weight is 407 g/mol. The molecular formula is C20H23ClN2O3S. The largest absolute Gasteiger partial charge is 0.326 e. The van der Waals surface area contributed by atoms with Gasteiger partial charge in [0.1, 0.15) is 0 Å². The van der Waals surface area contributed by atoms with Gasteiger partial charge in [-0.1, -0.05) is 41.9 Å². The molecule has 0 bridgehead atoms. The third kappa shape index (κ3) is 5.09. The van der Waals surface area contributed by atoms with Crippen LogP contribution in [0.5, 0.6) is 0 Å². The molecule has 0 saturated carbocycles. The summed E-state index contributed by atoms with van der Waals surface area (Å²) < 4.78 is 26.8. The second-order valence-electron chi connectivity index (χ2n) is 6.88. The van der Waals surface area contributed by atoms with Gasteiger partial charge in [-0.25, -0.2) is 12.7 Å². The predicted molar refractivity (Wildman–Crippen MR) is 108 cm³/mol. The molecule has 1 fully saturated rings. The molecule has 0 aromatic heterocycles. The number of nitrogens with zero attached hydrogens (tertiary/aromatic N) is 1. The van der Waals surface area contributed by atoms with Gasteiger partial charge >= 0.3 is 0 Å². The number of aryl methyl sites for hydroxylation is 1. The van der Waals surface area contributed by atoms with E-state index in [1.807, 2.05) is 31.2 Å². The summed E-state index contributed by atoms with van der Waals surface area (Å²) in [5.41, 5.74) is 2.44. The molecular weight excluding hydrogens is 384 g/mol. The minimum atomic E-state index is -3.46. The number of rotatable bonds is 5. The molecule has 2 aromatic carbocycles. The van der Waals surface area contributed by atoms with Crippen molar-refractivity contribution >= 4 is 33.2 Å². The standard InChI is InChI=1S/C20H23ClN2O3S/c1-15-5-4-7-18(13-15)22-20(24)16-9-11-23(12-10-16)27(25,26)14-17-6-2-3-8-19(17)21/h2-8,13,16H,9-12,14H2,1H3,(H,22,24). The first kappa shape index (κ1) is 19.9. The Morgan fingerprint density at radius 3 is 2.52 bits per heavy atom. The molecule has 0 unspecified atom stereocenters. The Kier molecular flexibility index (Phi) is 6.19. The van der Waals surface area contributed by atoms with Crippen LogP contribution in [-0.4, -0.2) is 31.7 Å². The van der Waals surface area contributed by atoms with Crippen molar-refractivity contribution in [2.24, 2.45) is 5.92 Å². The van der Waals surface area contributed by atoms with Crippen molar-refractivity contribution < 1.29 is 13.2 Å². The van der Waals surface area contributed by atoms with Crippen molar-refractivity contribution in [2.45, 2.75) is 25.5 Å². The Morgan fingerprint density at radius 2 is 1.85 bits per heavy atom. The predicted octanol–water partition coefficient (Wildman–Crippen LogP) is 3.83. The number of benzene rings is 2. The first-order valence-corrected chi connectivity index (χ1v) is 10.9. The summed E-state index contributed by atoms with van der Waals surface area (Å²) in [5, 5.41) is 3.38. The fraction of sp³-hybridized carbons (Fsp3) is 0.350. The van der Waals surface area contributed by atoms with E-state index in [4.69, 9.17) is 11.6 Å². The normalized spacial score (nSPS) is 16.2. The molecule has 0 aliphatic carbocycles. The number of carbonyl (C=O) groups is 1. The van der Waals surface area contributed by atoms with Gasteiger partial charge in [0.2, 0.25) is 15.9 Å². The Balaban J connectivity index is 1.58. The number of piperidine rings is 1. The molecule has 3 rings (SSSR count). The van der Waals surface area contributed by atoms with Gasteiger partial charge in [-0.3, -0.25) is 4.79 Å². The third-order valence-electron chi connectivity index (χ3n) is 4.80. The summed E-state index contributed by atoms with van der Waals surface area (Å²) in [5.74, 6) is -0.353. The Hall–Kier alpha value is -1.89. The molecule has 1 saturated heterocycles. The van der Waals surface area contributed by atoms with E-state index < -0.39 is 10.0 Å². The molecule has 0 spiro atoms. The number of hydrogen-bond donors (Lipinski definition) is 1. The zero-order valence-corrected chi connectivity index (χ0v) is 16.8. The number of carbonyl (C=O) groups excluding carboxylic acids is 1. The molecule has 27 heavy (non-hydrogen) atoms. The van der Waals surface area contributed by atoms with Gasteiger partial charge in [0.05, 0.1) is 5.75 Å². The molecule has 0 radical (unpaired) electrons. The molecule has 1 heterocycles. The summed E-state index contributed by atoms with van der Waals surface area (Å²) in [7, 11) is -3.46. The van der Waals surface area contributed by atoms with E-state index in [1.54, 1.807) is 24.3 Å². The summed E-state index contributed by atoms with van der Waals surface area (Å²) in [6, 6.07) is 14.6. The van der Waals surface area contributed by atoms with Crippen LogP contribution in [0.1, 0.15) is 24.0 Å². The molecule has 144 valence electrons. The van der Waals surface area contributed by atoms with Gasteiger partial charge in [-0.15, -0.1) is 0 Å². The van der Waals surface area contributed by atoms with Gasteiger partial charge in [0, 0.05) is 29.7 Å². The minimum Gasteiger partial charge on any atom is -0.326 e. The van der Waals surface area contributed by atoms with Crippen LogP contribution in [0.4, 0.5) is 5.69 Å². The smallest absolute Gasteiger partial charge is 0.227 e. The van der Waals surface area contributed by atoms with Crippen LogP contribution in [0.3, 0.4) is 0 Å². The lowest BCUT2D eigenvalue weighted by Gasteiger charge is -2.30. The topological polar surface area (TPSA) is 66.5 Å². The zero-order chi connectivity index (χ0) is 19.4. The van der Waals surface area contributed by atoms with Crippen LogP contribution >= 0.6 is 11.6 Å². The highest BCUT2D eigenvalue weighted by molar-refractivity contribution is 7.88. The Bertz CT molecular complexity index is 922. The SMILES string of the molecule is Cc1cccc(NC(=O)C2CCN(S(=O)(=O)Cc3ccccc3Cl)CC2)c1. The Labute approximate surface area is 165 Å². The number of nitrogens with one attached hydrogen (secondary N) is 1. The highest BCUT2D eigenvalue weighted by atomic mass is 35.5. The summed E-state index contributed by atoms with van der Waals surface area (Å²) in [6.45, 7) is 2.66. The fourth-order valence-corrected chi connectivity index (χ4v) is 5.14. The van der Waals surface area contributed by atoms with E-state index in [-0.39, 0.29) is 17.6 Å². The highest BCUT2D eigenvalue weighted by Gasteiger charge is 2.31. The summed E-state index contributed by atoms with van der Waals surface area (Å²) in [6.07, 6.45) is 1.03. The molecule has 1 amide bonds. The molecule has 1 aliphatic heterocycles. The van der Waals surface area contributed by atoms with Crippen molar-refractivity contribution in [3.63, 3.8) is 0 Å². The van der Waals surface area contributed by atoms with Crippen molar-refractivity contribution in [3.05, 3.63) is 64.7 Å². The van der Waals surface area contributed by atoms with Gasteiger partial charge in [-0.05, 0) is 49.1 Å². The number of sulfonamides is 1. The summed E-state index contributed by atoms with van der Waals surface area (Å²) >= 11 is 6.09. The lowest BCUT2D eigenvalue weighted by molar-refractivity contribution is -0.120. The van der Waals surface area contributed by atoms with Gasteiger partial charge in [-0.2, -0.15) is 0 Å². The maximum Gasteiger partial charge on any atom is 0.227 e. The highest BCUT2D eigenvalue weighted by Crippen LogP contribution is 2.25. The summed E-state index contributed by atoms with van der Waals surface area (Å²) in [4.78, 5) is 12.5. The molecule has 2 aromatic rings. The van der Waals surface area contributed by atoms with E-state index in [2.05, 4.69) is 5.32 Å². The van der Waals surface area contributed by atoms with Gasteiger partial charge < -0.3 is 5.32 Å². The van der Waals surface area contributed by atoms with Crippen molar-refractivity contribution in [1.82, 2.24) is 4.31 Å². The number of amides is 1. The molecule has 7 heteroatoms. The van der Waals surface area contributed by atoms with Gasteiger partial charge in [0.15, 0.2) is 0 Å². The molecule has 1 aliphatic rings. The number of halogens is 1. The Morgan fingerprint density at radius 1 is 1.15 bits per heavy atom. The first-order valence-electron chi connectivity index (χ1n) is 8.94. The first-order chi connectivity index (χ1) is 12.8. The van der Waals surface area contributed by atoms with Gasteiger partial charge in [0.25, 0.3) is 0 Å². The third-order valence-corrected chi connectivity index (χ3v) is 7.00. The van der Waals surface area contributed by atoms with Crippen molar-refractivity contribution in [3.8, 4) is 0 Å². The van der Waals surface area contributed by atoms with E-state index in [0.29, 0.717) is 36.5 Å². The van der Waals surface area contributed by atoms with Crippen LogP contribution in [-0.2, 0) is 20.6 Å². The fourth-order valence-electron chi connectivity index (χ4n) is 3.27. The average Bonchev–Trinajstić information content (AvgIpc) is 2.64. The second-order valence-corrected chi connectivity index (χ2v) is 9.26. The lowest BCUT2D eigenvalue weighted by Crippen LogP contribution is -2.41. The minimum absolute atomic E-state index is 0.0521. The maximum absolute atomic E-state index is 12.7. The zero-order valence-electron chi connectivity index (χ0n) is 15.2. The van der Waals surface area contributed by atoms with E-state index in [9.17, 15) is 13.2 Å². The van der Waals surface area contributed by atoms with E-state index in [0.717, 1.165) is 11.3 Å². The number of hydrogen-bond acceptors (Lipinski definition) is 3. The quantitative estimate of drug-likeness (QED) is 0.820. The van der Waals surface area contributed by atoms with Crippen LogP contribution in [0.15, 0.2) is 48.5 Å². The molecule has 0 atom stereocenters. The van der Waals surface area contributed by atoms with Crippen molar-refractivity contribution in [1.29, 1.82) is 0 Å². The molecule has 1 N–H and O–H groups in total. The van der Waals surface area contributed by atoms with Crippen LogP contribution < -0.4 is 5.32 Å². The maximum atomic E-state index is 12.7. The van der Waals surface area contributed by atoms with Crippen molar-refractivity contribution in [2.75, 3.05) is 18.4 Å². The lowest BCUT2D eigenvalue weighted by atomic mass is 9.97. The van der Waals surface area contributed by atoms with Crippen LogP contribution in [0, 0.1) is 12.8 Å². The van der Waals surface area contributed by atoms with Crippen LogP contribution in [0.2, 0.25) is 5.02 Å². The monoisotopic (exact) mass is 406 g/mol. The van der Waals surface area contributed by atoms with E-state index in [1.165, 1.54) is 4.31 Å². The molecule has 5 nitrogen and oxygen atoms in total. The number of anilines is 1. The van der Waals surface area contributed by atoms with Crippen LogP contribution in [0.25, 0.3) is 0 Å². The van der Waals surface area contributed by atoms with E-state index >= 15 is 0 Å².